The Morgan fingerprint density at radius 1 is 1.29 bits per heavy atom. The summed E-state index contributed by atoms with van der Waals surface area (Å²) in [5.41, 5.74) is 0. The number of alkyl halides is 3. The van der Waals surface area contributed by atoms with Crippen LogP contribution in [0.5, 0.6) is 0 Å². The van der Waals surface area contributed by atoms with Crippen LogP contribution in [0.15, 0.2) is 0 Å². The van der Waals surface area contributed by atoms with Gasteiger partial charge in [-0.1, -0.05) is 13.3 Å². The van der Waals surface area contributed by atoms with Gasteiger partial charge in [-0.25, -0.2) is 0 Å². The summed E-state index contributed by atoms with van der Waals surface area (Å²) in [6.07, 6.45) is -0.145. The lowest BCUT2D eigenvalue weighted by Crippen LogP contribution is -2.47. The maximum Gasteiger partial charge on any atom is 0.401 e. The van der Waals surface area contributed by atoms with Gasteiger partial charge in [0.15, 0.2) is 0 Å². The van der Waals surface area contributed by atoms with E-state index in [1.54, 1.807) is 0 Å². The van der Waals surface area contributed by atoms with Crippen molar-refractivity contribution in [3.05, 3.63) is 0 Å². The fourth-order valence-electron chi connectivity index (χ4n) is 2.43. The van der Waals surface area contributed by atoms with Gasteiger partial charge in [-0.05, 0) is 39.3 Å². The van der Waals surface area contributed by atoms with Gasteiger partial charge in [0.2, 0.25) is 0 Å². The van der Waals surface area contributed by atoms with E-state index in [0.29, 0.717) is 25.2 Å². The molecular formula is C12H23F3N2. The van der Waals surface area contributed by atoms with E-state index in [1.807, 2.05) is 0 Å². The highest BCUT2D eigenvalue weighted by molar-refractivity contribution is 4.80. The first-order valence-electron chi connectivity index (χ1n) is 6.46. The highest BCUT2D eigenvalue weighted by Crippen LogP contribution is 2.20. The van der Waals surface area contributed by atoms with Crippen molar-refractivity contribution >= 4 is 0 Å². The van der Waals surface area contributed by atoms with E-state index in [1.165, 1.54) is 4.90 Å². The van der Waals surface area contributed by atoms with Gasteiger partial charge in [-0.15, -0.1) is 0 Å². The first-order chi connectivity index (χ1) is 7.90. The minimum absolute atomic E-state index is 0.390. The maximum absolute atomic E-state index is 12.2. The van der Waals surface area contributed by atoms with Crippen molar-refractivity contribution in [1.82, 2.24) is 10.2 Å². The van der Waals surface area contributed by atoms with Gasteiger partial charge in [0.05, 0.1) is 6.54 Å². The molecule has 1 atom stereocenters. The molecule has 1 rings (SSSR count). The molecule has 1 N–H and O–H groups in total. The van der Waals surface area contributed by atoms with Crippen LogP contribution in [-0.2, 0) is 0 Å². The van der Waals surface area contributed by atoms with Crippen LogP contribution in [0.4, 0.5) is 13.2 Å². The molecule has 1 heterocycles. The van der Waals surface area contributed by atoms with Crippen molar-refractivity contribution in [2.24, 2.45) is 0 Å². The van der Waals surface area contributed by atoms with Gasteiger partial charge in [0.1, 0.15) is 0 Å². The number of hydrogen-bond donors (Lipinski definition) is 1. The third kappa shape index (κ3) is 6.27. The zero-order chi connectivity index (χ0) is 12.9. The highest BCUT2D eigenvalue weighted by Gasteiger charge is 2.32. The second kappa shape index (κ2) is 6.59. The van der Waals surface area contributed by atoms with Gasteiger partial charge >= 0.3 is 6.18 Å². The summed E-state index contributed by atoms with van der Waals surface area (Å²) >= 11 is 0. The number of nitrogens with one attached hydrogen (secondary N) is 1. The van der Waals surface area contributed by atoms with Gasteiger partial charge in [-0.2, -0.15) is 13.2 Å². The molecule has 0 saturated carbocycles. The molecule has 2 nitrogen and oxygen atoms in total. The van der Waals surface area contributed by atoms with Gasteiger partial charge in [-0.3, -0.25) is 4.90 Å². The number of hydrogen-bond acceptors (Lipinski definition) is 2. The Kier molecular flexibility index (Phi) is 5.73. The molecule has 1 saturated heterocycles. The summed E-state index contributed by atoms with van der Waals surface area (Å²) in [7, 11) is 0. The minimum atomic E-state index is -4.06. The smallest absolute Gasteiger partial charge is 0.311 e. The topological polar surface area (TPSA) is 15.3 Å². The minimum Gasteiger partial charge on any atom is -0.311 e. The lowest BCUT2D eigenvalue weighted by molar-refractivity contribution is -0.148. The summed E-state index contributed by atoms with van der Waals surface area (Å²) < 4.78 is 36.6. The quantitative estimate of drug-likeness (QED) is 0.809. The highest BCUT2D eigenvalue weighted by atomic mass is 19.4. The molecule has 0 spiro atoms. The van der Waals surface area contributed by atoms with Crippen LogP contribution in [0.25, 0.3) is 0 Å². The predicted molar refractivity (Wildman–Crippen MR) is 63.0 cm³/mol. The third-order valence-electron chi connectivity index (χ3n) is 3.23. The fourth-order valence-corrected chi connectivity index (χ4v) is 2.43. The molecule has 0 aromatic carbocycles. The molecule has 0 amide bonds. The van der Waals surface area contributed by atoms with Crippen LogP contribution >= 0.6 is 0 Å². The first-order valence-corrected chi connectivity index (χ1v) is 6.46. The van der Waals surface area contributed by atoms with Crippen LogP contribution in [0.1, 0.15) is 39.5 Å². The van der Waals surface area contributed by atoms with E-state index in [9.17, 15) is 13.2 Å². The Balaban J connectivity index is 2.21. The summed E-state index contributed by atoms with van der Waals surface area (Å²) in [4.78, 5) is 1.50. The lowest BCUT2D eigenvalue weighted by atomic mass is 10.0. The second-order valence-electron chi connectivity index (χ2n) is 5.02. The third-order valence-corrected chi connectivity index (χ3v) is 3.23. The van der Waals surface area contributed by atoms with Crippen LogP contribution in [0.2, 0.25) is 0 Å². The molecule has 102 valence electrons. The van der Waals surface area contributed by atoms with Gasteiger partial charge in [0.25, 0.3) is 0 Å². The van der Waals surface area contributed by atoms with Crippen molar-refractivity contribution in [1.29, 1.82) is 0 Å². The Labute approximate surface area is 102 Å². The lowest BCUT2D eigenvalue weighted by Gasteiger charge is -2.34. The van der Waals surface area contributed by atoms with Crippen molar-refractivity contribution in [3.63, 3.8) is 0 Å². The standard InChI is InChI=1S/C12H23F3N2/c1-3-4-10(2)16-11-5-7-17(8-6-11)9-12(13,14)15/h10-11,16H,3-9H2,1-2H3. The van der Waals surface area contributed by atoms with Crippen molar-refractivity contribution in [2.75, 3.05) is 19.6 Å². The van der Waals surface area contributed by atoms with Crippen LogP contribution < -0.4 is 5.32 Å². The van der Waals surface area contributed by atoms with Crippen LogP contribution in [0, 0.1) is 0 Å². The van der Waals surface area contributed by atoms with Crippen LogP contribution in [-0.4, -0.2) is 42.8 Å². The molecule has 0 aromatic heterocycles. The molecule has 1 aliphatic heterocycles. The van der Waals surface area contributed by atoms with Crippen molar-refractivity contribution < 1.29 is 13.2 Å². The number of piperidine rings is 1. The van der Waals surface area contributed by atoms with Gasteiger partial charge < -0.3 is 5.32 Å². The number of nitrogens with zero attached hydrogens (tertiary/aromatic N) is 1. The van der Waals surface area contributed by atoms with E-state index in [0.717, 1.165) is 25.7 Å². The SMILES string of the molecule is CCCC(C)NC1CCN(CC(F)(F)F)CC1. The zero-order valence-corrected chi connectivity index (χ0v) is 10.7. The molecule has 0 radical (unpaired) electrons. The fraction of sp³-hybridized carbons (Fsp3) is 1.00. The Bertz CT molecular complexity index is 210. The van der Waals surface area contributed by atoms with E-state index < -0.39 is 12.7 Å². The molecule has 0 aliphatic carbocycles. The molecule has 0 aromatic rings. The average molecular weight is 252 g/mol. The number of halogens is 3. The van der Waals surface area contributed by atoms with E-state index in [2.05, 4.69) is 19.2 Å². The Morgan fingerprint density at radius 3 is 2.35 bits per heavy atom. The summed E-state index contributed by atoms with van der Waals surface area (Å²) in [6, 6.07) is 0.861. The zero-order valence-electron chi connectivity index (χ0n) is 10.7. The molecule has 1 unspecified atom stereocenters. The molecular weight excluding hydrogens is 229 g/mol. The Hall–Kier alpha value is -0.290. The average Bonchev–Trinajstić information content (AvgIpc) is 2.19. The molecule has 0 bridgehead atoms. The van der Waals surface area contributed by atoms with E-state index in [4.69, 9.17) is 0 Å². The molecule has 1 aliphatic rings. The molecule has 5 heteroatoms. The van der Waals surface area contributed by atoms with Gasteiger partial charge in [0, 0.05) is 12.1 Å². The Morgan fingerprint density at radius 2 is 1.88 bits per heavy atom. The monoisotopic (exact) mass is 252 g/mol. The van der Waals surface area contributed by atoms with Crippen molar-refractivity contribution in [2.45, 2.75) is 57.8 Å². The van der Waals surface area contributed by atoms with E-state index in [-0.39, 0.29) is 0 Å². The normalized spacial score (nSPS) is 21.7. The first kappa shape index (κ1) is 14.8. The van der Waals surface area contributed by atoms with E-state index >= 15 is 0 Å². The number of rotatable bonds is 5. The summed E-state index contributed by atoms with van der Waals surface area (Å²) in [5, 5.41) is 3.50. The second-order valence-corrected chi connectivity index (χ2v) is 5.02. The largest absolute Gasteiger partial charge is 0.401 e. The molecule has 1 fully saturated rings. The number of likely N-dealkylation sites (tertiary alicyclic amines) is 1. The van der Waals surface area contributed by atoms with Crippen molar-refractivity contribution in [3.8, 4) is 0 Å². The molecule has 17 heavy (non-hydrogen) atoms. The predicted octanol–water partition coefficient (Wildman–Crippen LogP) is 2.79. The summed E-state index contributed by atoms with van der Waals surface area (Å²) in [6.45, 7) is 4.63. The van der Waals surface area contributed by atoms with Crippen LogP contribution in [0.3, 0.4) is 0 Å². The maximum atomic E-state index is 12.2. The summed E-state index contributed by atoms with van der Waals surface area (Å²) in [5.74, 6) is 0.